The number of likely N-dealkylation sites (tertiary alicyclic amines) is 1. The van der Waals surface area contributed by atoms with Gasteiger partial charge in [-0.25, -0.2) is 0 Å². The van der Waals surface area contributed by atoms with E-state index in [9.17, 15) is 0 Å². The van der Waals surface area contributed by atoms with Crippen LogP contribution in [0, 0.1) is 5.92 Å². The van der Waals surface area contributed by atoms with Gasteiger partial charge in [0.25, 0.3) is 0 Å². The predicted octanol–water partition coefficient (Wildman–Crippen LogP) is 3.59. The van der Waals surface area contributed by atoms with Crippen LogP contribution in [-0.2, 0) is 0 Å². The van der Waals surface area contributed by atoms with Gasteiger partial charge in [0.1, 0.15) is 0 Å². The van der Waals surface area contributed by atoms with Gasteiger partial charge in [-0.2, -0.15) is 0 Å². The Morgan fingerprint density at radius 1 is 0.783 bits per heavy atom. The summed E-state index contributed by atoms with van der Waals surface area (Å²) in [6.45, 7) is 8.96. The zero-order valence-electron chi connectivity index (χ0n) is 14.4. The van der Waals surface area contributed by atoms with E-state index in [2.05, 4.69) is 15.1 Å². The minimum Gasteiger partial charge on any atom is -0.314 e. The summed E-state index contributed by atoms with van der Waals surface area (Å²) in [5, 5.41) is 3.48. The van der Waals surface area contributed by atoms with E-state index >= 15 is 0 Å². The second kappa shape index (κ2) is 13.0. The molecule has 0 spiro atoms. The highest BCUT2D eigenvalue weighted by Crippen LogP contribution is 2.30. The molecule has 1 aliphatic carbocycles. The SMILES string of the molecule is C1CCC(CC(CN2CCNCC2)N2CCCC2)CC1.Cl.Cl.Cl. The van der Waals surface area contributed by atoms with Crippen LogP contribution in [0.3, 0.4) is 0 Å². The largest absolute Gasteiger partial charge is 0.314 e. The van der Waals surface area contributed by atoms with Crippen molar-refractivity contribution in [2.45, 2.75) is 57.4 Å². The van der Waals surface area contributed by atoms with E-state index in [-0.39, 0.29) is 37.2 Å². The average Bonchev–Trinajstić information content (AvgIpc) is 3.03. The van der Waals surface area contributed by atoms with E-state index in [0.717, 1.165) is 12.0 Å². The summed E-state index contributed by atoms with van der Waals surface area (Å²) in [6, 6.07) is 0.846. The highest BCUT2D eigenvalue weighted by atomic mass is 35.5. The Balaban J connectivity index is 0.00000161. The Kier molecular flexibility index (Phi) is 13.4. The molecule has 2 heterocycles. The molecule has 0 bridgehead atoms. The normalized spacial score (nSPS) is 25.0. The summed E-state index contributed by atoms with van der Waals surface area (Å²) in [6.07, 6.45) is 11.8. The Morgan fingerprint density at radius 2 is 1.39 bits per heavy atom. The van der Waals surface area contributed by atoms with Crippen LogP contribution in [0.5, 0.6) is 0 Å². The maximum absolute atomic E-state index is 3.48. The van der Waals surface area contributed by atoms with E-state index in [0.29, 0.717) is 0 Å². The third-order valence-electron chi connectivity index (χ3n) is 5.67. The second-order valence-corrected chi connectivity index (χ2v) is 7.19. The highest BCUT2D eigenvalue weighted by Gasteiger charge is 2.27. The van der Waals surface area contributed by atoms with Crippen LogP contribution < -0.4 is 5.32 Å². The molecule has 2 aliphatic heterocycles. The lowest BCUT2D eigenvalue weighted by atomic mass is 9.84. The molecular formula is C17H36Cl3N3. The Hall–Kier alpha value is 0.750. The first kappa shape index (κ1) is 23.8. The second-order valence-electron chi connectivity index (χ2n) is 7.19. The van der Waals surface area contributed by atoms with Gasteiger partial charge in [-0.3, -0.25) is 9.80 Å². The van der Waals surface area contributed by atoms with Crippen LogP contribution in [0.2, 0.25) is 0 Å². The maximum Gasteiger partial charge on any atom is 0.0225 e. The fraction of sp³-hybridized carbons (Fsp3) is 1.00. The number of halogens is 3. The number of piperazine rings is 1. The Bertz CT molecular complexity index is 256. The molecule has 1 N–H and O–H groups in total. The summed E-state index contributed by atoms with van der Waals surface area (Å²) in [7, 11) is 0. The van der Waals surface area contributed by atoms with Gasteiger partial charge in [-0.15, -0.1) is 37.2 Å². The van der Waals surface area contributed by atoms with Crippen molar-refractivity contribution in [1.29, 1.82) is 0 Å². The summed E-state index contributed by atoms with van der Waals surface area (Å²) in [5.74, 6) is 1.03. The lowest BCUT2D eigenvalue weighted by Gasteiger charge is -2.37. The van der Waals surface area contributed by atoms with Gasteiger partial charge in [-0.1, -0.05) is 32.1 Å². The van der Waals surface area contributed by atoms with Crippen molar-refractivity contribution in [2.75, 3.05) is 45.8 Å². The van der Waals surface area contributed by atoms with Gasteiger partial charge in [-0.05, 0) is 38.3 Å². The minimum atomic E-state index is 0. The summed E-state index contributed by atoms with van der Waals surface area (Å²) in [4.78, 5) is 5.53. The lowest BCUT2D eigenvalue weighted by molar-refractivity contribution is 0.122. The van der Waals surface area contributed by atoms with Gasteiger partial charge >= 0.3 is 0 Å². The van der Waals surface area contributed by atoms with Crippen molar-refractivity contribution in [3.8, 4) is 0 Å². The molecule has 1 saturated carbocycles. The molecule has 0 amide bonds. The third kappa shape index (κ3) is 7.66. The predicted molar refractivity (Wildman–Crippen MR) is 107 cm³/mol. The molecule has 1 unspecified atom stereocenters. The smallest absolute Gasteiger partial charge is 0.0225 e. The molecule has 0 aromatic rings. The minimum absolute atomic E-state index is 0. The molecule has 2 saturated heterocycles. The van der Waals surface area contributed by atoms with Gasteiger partial charge in [0.15, 0.2) is 0 Å². The Morgan fingerprint density at radius 3 is 2.00 bits per heavy atom. The van der Waals surface area contributed by atoms with Crippen molar-refractivity contribution in [1.82, 2.24) is 15.1 Å². The highest BCUT2D eigenvalue weighted by molar-refractivity contribution is 5.86. The number of nitrogens with one attached hydrogen (secondary N) is 1. The molecule has 3 aliphatic rings. The number of rotatable bonds is 5. The van der Waals surface area contributed by atoms with Crippen LogP contribution in [0.15, 0.2) is 0 Å². The maximum atomic E-state index is 3.48. The van der Waals surface area contributed by atoms with Crippen LogP contribution in [-0.4, -0.2) is 61.7 Å². The molecule has 0 radical (unpaired) electrons. The molecule has 0 aromatic carbocycles. The number of nitrogens with zero attached hydrogens (tertiary/aromatic N) is 2. The molecular weight excluding hydrogens is 353 g/mol. The molecule has 1 atom stereocenters. The summed E-state index contributed by atoms with van der Waals surface area (Å²) >= 11 is 0. The van der Waals surface area contributed by atoms with Crippen molar-refractivity contribution in [2.24, 2.45) is 5.92 Å². The van der Waals surface area contributed by atoms with Crippen LogP contribution in [0.4, 0.5) is 0 Å². The zero-order chi connectivity index (χ0) is 13.6. The van der Waals surface area contributed by atoms with Gasteiger partial charge in [0, 0.05) is 38.8 Å². The first-order valence-corrected chi connectivity index (χ1v) is 9.09. The van der Waals surface area contributed by atoms with Crippen LogP contribution in [0.1, 0.15) is 51.4 Å². The first-order chi connectivity index (χ1) is 9.92. The molecule has 3 fully saturated rings. The van der Waals surface area contributed by atoms with E-state index in [4.69, 9.17) is 0 Å². The van der Waals surface area contributed by atoms with Crippen molar-refractivity contribution in [3.05, 3.63) is 0 Å². The topological polar surface area (TPSA) is 18.5 Å². The molecule has 0 aromatic heterocycles. The van der Waals surface area contributed by atoms with Crippen LogP contribution in [0.25, 0.3) is 0 Å². The number of hydrogen-bond donors (Lipinski definition) is 1. The van der Waals surface area contributed by atoms with Gasteiger partial charge in [0.2, 0.25) is 0 Å². The van der Waals surface area contributed by atoms with E-state index < -0.39 is 0 Å². The van der Waals surface area contributed by atoms with Crippen LogP contribution >= 0.6 is 37.2 Å². The average molecular weight is 389 g/mol. The lowest BCUT2D eigenvalue weighted by Crippen LogP contribution is -2.50. The fourth-order valence-corrected chi connectivity index (χ4v) is 4.45. The van der Waals surface area contributed by atoms with E-state index in [1.807, 2.05) is 0 Å². The van der Waals surface area contributed by atoms with Gasteiger partial charge < -0.3 is 5.32 Å². The first-order valence-electron chi connectivity index (χ1n) is 9.09. The van der Waals surface area contributed by atoms with E-state index in [1.54, 1.807) is 0 Å². The monoisotopic (exact) mass is 387 g/mol. The zero-order valence-corrected chi connectivity index (χ0v) is 16.8. The van der Waals surface area contributed by atoms with Gasteiger partial charge in [0.05, 0.1) is 0 Å². The summed E-state index contributed by atoms with van der Waals surface area (Å²) < 4.78 is 0. The molecule has 3 rings (SSSR count). The summed E-state index contributed by atoms with van der Waals surface area (Å²) in [5.41, 5.74) is 0. The quantitative estimate of drug-likeness (QED) is 0.776. The molecule has 3 nitrogen and oxygen atoms in total. The molecule has 23 heavy (non-hydrogen) atoms. The van der Waals surface area contributed by atoms with Crippen molar-refractivity contribution >= 4 is 37.2 Å². The number of hydrogen-bond acceptors (Lipinski definition) is 3. The fourth-order valence-electron chi connectivity index (χ4n) is 4.45. The van der Waals surface area contributed by atoms with Crippen molar-refractivity contribution in [3.63, 3.8) is 0 Å². The third-order valence-corrected chi connectivity index (χ3v) is 5.67. The standard InChI is InChI=1S/C17H33N3.3ClH/c1-2-6-16(7-3-1)14-17(20-10-4-5-11-20)15-19-12-8-18-9-13-19;;;/h16-18H,1-15H2;3*1H. The van der Waals surface area contributed by atoms with E-state index in [1.165, 1.54) is 97.2 Å². The Labute approximate surface area is 161 Å². The molecule has 140 valence electrons. The van der Waals surface area contributed by atoms with Crippen molar-refractivity contribution < 1.29 is 0 Å². The molecule has 6 heteroatoms.